The number of guanidine groups is 1. The lowest BCUT2D eigenvalue weighted by Gasteiger charge is -2.13. The van der Waals surface area contributed by atoms with Gasteiger partial charge in [0.1, 0.15) is 6.54 Å². The minimum absolute atomic E-state index is 0. The fraction of sp³-hybridized carbons (Fsp3) is 0.273. The summed E-state index contributed by atoms with van der Waals surface area (Å²) < 4.78 is 11.4. The summed E-state index contributed by atoms with van der Waals surface area (Å²) in [7, 11) is 0. The van der Waals surface area contributed by atoms with E-state index in [1.54, 1.807) is 24.3 Å². The minimum Gasteiger partial charge on any atom is -0.490 e. The van der Waals surface area contributed by atoms with Gasteiger partial charge in [0, 0.05) is 36.0 Å². The number of nitrogens with one attached hydrogen (secondary N) is 3. The summed E-state index contributed by atoms with van der Waals surface area (Å²) in [6, 6.07) is 12.7. The van der Waals surface area contributed by atoms with E-state index in [1.165, 1.54) is 0 Å². The van der Waals surface area contributed by atoms with Crippen molar-refractivity contribution in [1.82, 2.24) is 5.32 Å². The molecule has 3 rings (SSSR count). The van der Waals surface area contributed by atoms with Crippen molar-refractivity contribution in [2.75, 3.05) is 36.9 Å². The number of carbonyl (C=O) groups excluding carboxylic acids is 1. The summed E-state index contributed by atoms with van der Waals surface area (Å²) in [5.41, 5.74) is 2.13. The third-order valence-corrected chi connectivity index (χ3v) is 4.05. The molecule has 30 heavy (non-hydrogen) atoms. The number of hydrogen-bond acceptors (Lipinski definition) is 4. The Labute approximate surface area is 193 Å². The number of rotatable bonds is 5. The zero-order valence-electron chi connectivity index (χ0n) is 16.7. The molecule has 0 fully saturated rings. The zero-order chi connectivity index (χ0) is 20.5. The highest BCUT2D eigenvalue weighted by Gasteiger charge is 2.11. The standard InChI is InChI=1S/C22H24N4O3.HI/c1-3-16-7-5-8-17(13-16)25-21(27)15-24-22(23-4-2)26-18-9-10-19-20(14-18)29-12-6-11-28-19;/h1,5,7-10,13-14H,4,6,11-12,15H2,2H3,(H,25,27)(H2,23,24,26);1H. The van der Waals surface area contributed by atoms with E-state index in [0.717, 1.165) is 17.9 Å². The molecule has 1 aliphatic rings. The quantitative estimate of drug-likeness (QED) is 0.244. The predicted molar refractivity (Wildman–Crippen MR) is 130 cm³/mol. The maximum Gasteiger partial charge on any atom is 0.246 e. The monoisotopic (exact) mass is 520 g/mol. The van der Waals surface area contributed by atoms with Crippen LogP contribution in [0.2, 0.25) is 0 Å². The van der Waals surface area contributed by atoms with Crippen molar-refractivity contribution in [2.24, 2.45) is 4.99 Å². The van der Waals surface area contributed by atoms with Crippen molar-refractivity contribution in [1.29, 1.82) is 0 Å². The second-order valence-electron chi connectivity index (χ2n) is 6.31. The number of benzene rings is 2. The van der Waals surface area contributed by atoms with Crippen LogP contribution in [-0.2, 0) is 4.79 Å². The molecule has 0 radical (unpaired) electrons. The van der Waals surface area contributed by atoms with Crippen molar-refractivity contribution in [2.45, 2.75) is 13.3 Å². The smallest absolute Gasteiger partial charge is 0.246 e. The Bertz CT molecular complexity index is 940. The van der Waals surface area contributed by atoms with E-state index in [1.807, 2.05) is 25.1 Å². The molecule has 0 bridgehead atoms. The average Bonchev–Trinajstić information content (AvgIpc) is 2.97. The molecule has 0 spiro atoms. The van der Waals surface area contributed by atoms with Gasteiger partial charge < -0.3 is 25.4 Å². The minimum atomic E-state index is -0.241. The van der Waals surface area contributed by atoms with E-state index in [9.17, 15) is 4.79 Å². The van der Waals surface area contributed by atoms with Crippen LogP contribution in [0.4, 0.5) is 11.4 Å². The molecule has 1 heterocycles. The first-order valence-corrected chi connectivity index (χ1v) is 9.49. The van der Waals surface area contributed by atoms with E-state index in [0.29, 0.717) is 42.7 Å². The number of nitrogens with zero attached hydrogens (tertiary/aromatic N) is 1. The molecule has 3 N–H and O–H groups in total. The Kier molecular flexibility index (Phi) is 9.28. The van der Waals surface area contributed by atoms with Crippen molar-refractivity contribution in [3.05, 3.63) is 48.0 Å². The number of terminal acetylenes is 1. The normalized spacial score (nSPS) is 12.6. The van der Waals surface area contributed by atoms with E-state index < -0.39 is 0 Å². The molecule has 1 amide bonds. The molecule has 0 aromatic heterocycles. The Morgan fingerprint density at radius 2 is 1.87 bits per heavy atom. The first kappa shape index (κ1) is 23.3. The van der Waals surface area contributed by atoms with Crippen LogP contribution < -0.4 is 25.4 Å². The number of aliphatic imine (C=N–C) groups is 1. The van der Waals surface area contributed by atoms with Gasteiger partial charge in [-0.05, 0) is 37.3 Å². The van der Waals surface area contributed by atoms with Crippen molar-refractivity contribution >= 4 is 47.2 Å². The number of amides is 1. The van der Waals surface area contributed by atoms with Crippen LogP contribution in [0.5, 0.6) is 11.5 Å². The Morgan fingerprint density at radius 3 is 2.63 bits per heavy atom. The molecule has 0 saturated carbocycles. The molecule has 1 aliphatic heterocycles. The zero-order valence-corrected chi connectivity index (χ0v) is 19.1. The van der Waals surface area contributed by atoms with Gasteiger partial charge in [-0.1, -0.05) is 12.0 Å². The number of hydrogen-bond donors (Lipinski definition) is 3. The highest BCUT2D eigenvalue weighted by molar-refractivity contribution is 14.0. The van der Waals surface area contributed by atoms with E-state index in [2.05, 4.69) is 26.9 Å². The van der Waals surface area contributed by atoms with Gasteiger partial charge in [0.25, 0.3) is 0 Å². The van der Waals surface area contributed by atoms with Crippen molar-refractivity contribution < 1.29 is 14.3 Å². The fourth-order valence-corrected chi connectivity index (χ4v) is 2.72. The summed E-state index contributed by atoms with van der Waals surface area (Å²) in [6.45, 7) is 3.83. The summed E-state index contributed by atoms with van der Waals surface area (Å²) in [5, 5.41) is 9.10. The van der Waals surface area contributed by atoms with Crippen molar-refractivity contribution in [3.8, 4) is 23.8 Å². The Hall–Kier alpha value is -2.93. The summed E-state index contributed by atoms with van der Waals surface area (Å²) >= 11 is 0. The Balaban J connectivity index is 0.00000320. The van der Waals surface area contributed by atoms with Gasteiger partial charge in [-0.3, -0.25) is 4.79 Å². The van der Waals surface area contributed by atoms with Gasteiger partial charge in [0.05, 0.1) is 13.2 Å². The fourth-order valence-electron chi connectivity index (χ4n) is 2.72. The van der Waals surface area contributed by atoms with Crippen LogP contribution in [0.15, 0.2) is 47.5 Å². The van der Waals surface area contributed by atoms with Crippen molar-refractivity contribution in [3.63, 3.8) is 0 Å². The topological polar surface area (TPSA) is 84.0 Å². The molecule has 2 aromatic rings. The van der Waals surface area contributed by atoms with E-state index in [4.69, 9.17) is 15.9 Å². The highest BCUT2D eigenvalue weighted by atomic mass is 127. The number of halogens is 1. The largest absolute Gasteiger partial charge is 0.490 e. The lowest BCUT2D eigenvalue weighted by atomic mass is 10.2. The second-order valence-corrected chi connectivity index (χ2v) is 6.31. The molecular weight excluding hydrogens is 495 g/mol. The lowest BCUT2D eigenvalue weighted by Crippen LogP contribution is -2.31. The third kappa shape index (κ3) is 6.84. The molecule has 0 aliphatic carbocycles. The molecule has 7 nitrogen and oxygen atoms in total. The molecule has 8 heteroatoms. The molecule has 158 valence electrons. The average molecular weight is 520 g/mol. The van der Waals surface area contributed by atoms with Gasteiger partial charge in [0.2, 0.25) is 5.91 Å². The SMILES string of the molecule is C#Cc1cccc(NC(=O)CN=C(NCC)Nc2ccc3c(c2)OCCCO3)c1.I. The van der Waals surface area contributed by atoms with Gasteiger partial charge >= 0.3 is 0 Å². The number of ether oxygens (including phenoxy) is 2. The number of anilines is 2. The lowest BCUT2D eigenvalue weighted by molar-refractivity contribution is -0.114. The first-order valence-electron chi connectivity index (χ1n) is 9.49. The predicted octanol–water partition coefficient (Wildman–Crippen LogP) is 3.46. The summed E-state index contributed by atoms with van der Waals surface area (Å²) in [4.78, 5) is 16.6. The van der Waals surface area contributed by atoms with Crippen LogP contribution in [0, 0.1) is 12.3 Å². The van der Waals surface area contributed by atoms with Crippen LogP contribution in [0.25, 0.3) is 0 Å². The highest BCUT2D eigenvalue weighted by Crippen LogP contribution is 2.32. The van der Waals surface area contributed by atoms with E-state index >= 15 is 0 Å². The number of fused-ring (bicyclic) bond motifs is 1. The second kappa shape index (κ2) is 11.9. The van der Waals surface area contributed by atoms with Crippen LogP contribution >= 0.6 is 24.0 Å². The Morgan fingerprint density at radius 1 is 1.10 bits per heavy atom. The summed E-state index contributed by atoms with van der Waals surface area (Å²) in [5.74, 6) is 4.21. The first-order chi connectivity index (χ1) is 14.2. The maximum atomic E-state index is 12.2. The molecule has 0 unspecified atom stereocenters. The molecular formula is C22H25IN4O3. The molecule has 0 atom stereocenters. The van der Waals surface area contributed by atoms with Gasteiger partial charge in [-0.15, -0.1) is 30.4 Å². The molecule has 0 saturated heterocycles. The van der Waals surface area contributed by atoms with Gasteiger partial charge in [0.15, 0.2) is 17.5 Å². The molecule has 2 aromatic carbocycles. The maximum absolute atomic E-state index is 12.2. The van der Waals surface area contributed by atoms with Crippen LogP contribution in [0.3, 0.4) is 0 Å². The third-order valence-electron chi connectivity index (χ3n) is 4.05. The van der Waals surface area contributed by atoms with Crippen LogP contribution in [0.1, 0.15) is 18.9 Å². The van der Waals surface area contributed by atoms with Gasteiger partial charge in [-0.25, -0.2) is 4.99 Å². The van der Waals surface area contributed by atoms with E-state index in [-0.39, 0.29) is 36.4 Å². The van der Waals surface area contributed by atoms with Crippen LogP contribution in [-0.4, -0.2) is 38.2 Å². The number of carbonyl (C=O) groups is 1. The summed E-state index contributed by atoms with van der Waals surface area (Å²) in [6.07, 6.45) is 6.24. The van der Waals surface area contributed by atoms with Gasteiger partial charge in [-0.2, -0.15) is 0 Å².